The summed E-state index contributed by atoms with van der Waals surface area (Å²) in [6.07, 6.45) is 9.54. The van der Waals surface area contributed by atoms with E-state index in [4.69, 9.17) is 0 Å². The maximum atomic E-state index is 2.42. The zero-order chi connectivity index (χ0) is 56.6. The molecule has 0 aromatic heterocycles. The zero-order valence-electron chi connectivity index (χ0n) is 50.0. The molecule has 10 aromatic carbocycles. The molecule has 0 nitrogen and oxygen atoms in total. The average molecular weight is 1060 g/mol. The summed E-state index contributed by atoms with van der Waals surface area (Å²) in [4.78, 5) is 0. The van der Waals surface area contributed by atoms with Crippen LogP contribution in [0.4, 0.5) is 0 Å². The van der Waals surface area contributed by atoms with Gasteiger partial charge in [0.25, 0.3) is 0 Å². The summed E-state index contributed by atoms with van der Waals surface area (Å²) < 4.78 is 0. The SMILES string of the molecule is C.C1CCC1.CCC(C)c1ccccc1-c1cc(-c2ccc(-c3ccc(C)cc3)cc2)ccc1C.CCCc1ccc2c(c1)C(C)(C)c1ccccc1-2.Cc1ccc(-c2cccc(-c3ccccc3C)c2C)cc1.Cc1ccccc1. The van der Waals surface area contributed by atoms with E-state index in [1.165, 1.54) is 161 Å². The van der Waals surface area contributed by atoms with E-state index in [1.54, 1.807) is 0 Å². The molecule has 1 saturated carbocycles. The largest absolute Gasteiger partial charge is 0.0776 e. The quantitative estimate of drug-likeness (QED) is 0.135. The third-order valence-corrected chi connectivity index (χ3v) is 16.5. The first kappa shape index (κ1) is 60.8. The third-order valence-electron chi connectivity index (χ3n) is 16.5. The molecule has 1 unspecified atom stereocenters. The van der Waals surface area contributed by atoms with Crippen molar-refractivity contribution in [3.05, 3.63) is 286 Å². The van der Waals surface area contributed by atoms with Crippen LogP contribution >= 0.6 is 0 Å². The van der Waals surface area contributed by atoms with E-state index in [-0.39, 0.29) is 12.8 Å². The molecule has 10 aromatic rings. The minimum Gasteiger partial charge on any atom is -0.0776 e. The maximum absolute atomic E-state index is 2.42. The van der Waals surface area contributed by atoms with Crippen LogP contribution < -0.4 is 0 Å². The van der Waals surface area contributed by atoms with E-state index in [0.29, 0.717) is 5.92 Å². The number of hydrogen-bond acceptors (Lipinski definition) is 0. The lowest BCUT2D eigenvalue weighted by Crippen LogP contribution is -2.15. The van der Waals surface area contributed by atoms with Crippen molar-refractivity contribution >= 4 is 0 Å². The lowest BCUT2D eigenvalue weighted by Gasteiger charge is -2.21. The normalized spacial score (nSPS) is 12.5. The molecule has 0 saturated heterocycles. The van der Waals surface area contributed by atoms with E-state index in [0.717, 1.165) is 6.42 Å². The van der Waals surface area contributed by atoms with Crippen molar-refractivity contribution in [1.82, 2.24) is 0 Å². The Bertz CT molecular complexity index is 3540. The van der Waals surface area contributed by atoms with Gasteiger partial charge in [-0.3, -0.25) is 0 Å². The highest BCUT2D eigenvalue weighted by Gasteiger charge is 2.35. The summed E-state index contributed by atoms with van der Waals surface area (Å²) in [5.41, 5.74) is 29.8. The Labute approximate surface area is 490 Å². The van der Waals surface area contributed by atoms with E-state index < -0.39 is 0 Å². The second-order valence-electron chi connectivity index (χ2n) is 22.9. The van der Waals surface area contributed by atoms with Gasteiger partial charge in [0.15, 0.2) is 0 Å². The predicted molar refractivity (Wildman–Crippen MR) is 357 cm³/mol. The van der Waals surface area contributed by atoms with Crippen molar-refractivity contribution in [2.75, 3.05) is 0 Å². The lowest BCUT2D eigenvalue weighted by atomic mass is 9.82. The van der Waals surface area contributed by atoms with Gasteiger partial charge in [0.2, 0.25) is 0 Å². The summed E-state index contributed by atoms with van der Waals surface area (Å²) in [5.74, 6) is 0.554. The first-order valence-electron chi connectivity index (χ1n) is 29.6. The Morgan fingerprint density at radius 2 is 0.815 bits per heavy atom. The molecule has 0 amide bonds. The predicted octanol–water partition coefficient (Wildman–Crippen LogP) is 23.9. The van der Waals surface area contributed by atoms with Gasteiger partial charge < -0.3 is 0 Å². The summed E-state index contributed by atoms with van der Waals surface area (Å²) in [6, 6.07) is 83.4. The Hall–Kier alpha value is -7.80. The highest BCUT2D eigenvalue weighted by atomic mass is 14.4. The van der Waals surface area contributed by atoms with Gasteiger partial charge in [-0.25, -0.2) is 0 Å². The van der Waals surface area contributed by atoms with E-state index >= 15 is 0 Å². The third kappa shape index (κ3) is 15.4. The standard InChI is InChI=1S/C30H30.C21H20.C18H20.C7H8.C4H8.CH4/c1-5-22(3)28-8-6-7-9-29(28)30-20-27(15-12-23(30)4)26-18-16-25(17-19-26)24-13-10-21(2)11-14-24;1-15-11-13-18(14-12-15)20-9-6-10-21(17(20)3)19-8-5-4-7-16(19)2;1-4-7-13-10-11-15-14-8-5-6-9-16(14)18(2,3)17(15)12-13;1-7-5-3-2-4-6-7;1-2-4-3-1;/h6-20,22H,5H2,1-4H3;4-14H,1-3H3;5-6,8-12H,4,7H2,1-3H3;2-6H,1H3;1-4H2;1H4. The van der Waals surface area contributed by atoms with Crippen LogP contribution in [0.5, 0.6) is 0 Å². The molecule has 414 valence electrons. The summed E-state index contributed by atoms with van der Waals surface area (Å²) in [5, 5.41) is 0. The number of hydrogen-bond donors (Lipinski definition) is 0. The van der Waals surface area contributed by atoms with Crippen molar-refractivity contribution in [1.29, 1.82) is 0 Å². The van der Waals surface area contributed by atoms with E-state index in [1.807, 2.05) is 18.2 Å². The van der Waals surface area contributed by atoms with Crippen LogP contribution in [0.25, 0.3) is 66.8 Å². The van der Waals surface area contributed by atoms with Gasteiger partial charge in [0, 0.05) is 5.41 Å². The Kier molecular flexibility index (Phi) is 21.8. The van der Waals surface area contributed by atoms with Crippen LogP contribution in [-0.4, -0.2) is 0 Å². The van der Waals surface area contributed by atoms with E-state index in [2.05, 4.69) is 288 Å². The molecule has 0 N–H and O–H groups in total. The highest BCUT2D eigenvalue weighted by molar-refractivity contribution is 5.82. The smallest absolute Gasteiger partial charge is 0.0158 e. The minimum atomic E-state index is 0. The molecule has 0 heterocycles. The van der Waals surface area contributed by atoms with Gasteiger partial charge in [-0.1, -0.05) is 315 Å². The van der Waals surface area contributed by atoms with Crippen molar-refractivity contribution in [2.45, 2.75) is 140 Å². The molecule has 0 spiro atoms. The zero-order valence-corrected chi connectivity index (χ0v) is 50.0. The molecular weight excluding hydrogens is 973 g/mol. The summed E-state index contributed by atoms with van der Waals surface area (Å²) >= 11 is 0. The topological polar surface area (TPSA) is 0 Å². The Morgan fingerprint density at radius 1 is 0.358 bits per heavy atom. The summed E-state index contributed by atoms with van der Waals surface area (Å²) in [6.45, 7) is 24.5. The molecule has 2 aliphatic carbocycles. The number of aryl methyl sites for hydroxylation is 6. The fourth-order valence-corrected chi connectivity index (χ4v) is 10.9. The lowest BCUT2D eigenvalue weighted by molar-refractivity contribution is 0.504. The second-order valence-corrected chi connectivity index (χ2v) is 22.9. The summed E-state index contributed by atoms with van der Waals surface area (Å²) in [7, 11) is 0. The maximum Gasteiger partial charge on any atom is 0.0158 e. The van der Waals surface area contributed by atoms with Crippen LogP contribution in [0, 0.1) is 41.5 Å². The molecule has 0 bridgehead atoms. The van der Waals surface area contributed by atoms with Gasteiger partial charge in [-0.2, -0.15) is 0 Å². The minimum absolute atomic E-state index is 0. The number of fused-ring (bicyclic) bond motifs is 3. The molecule has 0 aliphatic heterocycles. The number of rotatable bonds is 9. The first-order valence-corrected chi connectivity index (χ1v) is 29.6. The molecule has 81 heavy (non-hydrogen) atoms. The molecule has 12 rings (SSSR count). The molecule has 0 heteroatoms. The van der Waals surface area contributed by atoms with Crippen molar-refractivity contribution in [3.63, 3.8) is 0 Å². The molecule has 2 aliphatic rings. The molecule has 1 atom stereocenters. The van der Waals surface area contributed by atoms with Gasteiger partial charge in [-0.15, -0.1) is 0 Å². The highest BCUT2D eigenvalue weighted by Crippen LogP contribution is 2.49. The van der Waals surface area contributed by atoms with Crippen molar-refractivity contribution < 1.29 is 0 Å². The van der Waals surface area contributed by atoms with Gasteiger partial charge >= 0.3 is 0 Å². The monoisotopic (exact) mass is 1060 g/mol. The van der Waals surface area contributed by atoms with Crippen LogP contribution in [0.2, 0.25) is 0 Å². The van der Waals surface area contributed by atoms with Crippen LogP contribution in [-0.2, 0) is 11.8 Å². The molecular formula is C81H90. The van der Waals surface area contributed by atoms with Crippen molar-refractivity contribution in [3.8, 4) is 66.8 Å². The van der Waals surface area contributed by atoms with Crippen molar-refractivity contribution in [2.24, 2.45) is 0 Å². The fourth-order valence-electron chi connectivity index (χ4n) is 10.9. The second kappa shape index (κ2) is 29.1. The average Bonchev–Trinajstić information content (AvgIpc) is 3.99. The first-order chi connectivity index (χ1) is 38.8. The Morgan fingerprint density at radius 3 is 1.38 bits per heavy atom. The van der Waals surface area contributed by atoms with Crippen LogP contribution in [0.3, 0.4) is 0 Å². The molecule has 0 radical (unpaired) electrons. The molecule has 1 fully saturated rings. The Balaban J connectivity index is 0.000000163. The van der Waals surface area contributed by atoms with Gasteiger partial charge in [-0.05, 0) is 172 Å². The fraction of sp³-hybridized carbons (Fsp3) is 0.259. The number of benzene rings is 10. The van der Waals surface area contributed by atoms with E-state index in [9.17, 15) is 0 Å². The van der Waals surface area contributed by atoms with Gasteiger partial charge in [0.1, 0.15) is 0 Å². The van der Waals surface area contributed by atoms with Crippen LogP contribution in [0.15, 0.2) is 231 Å². The van der Waals surface area contributed by atoms with Crippen LogP contribution in [0.1, 0.15) is 142 Å². The van der Waals surface area contributed by atoms with Gasteiger partial charge in [0.05, 0.1) is 0 Å².